The summed E-state index contributed by atoms with van der Waals surface area (Å²) >= 11 is 0. The van der Waals surface area contributed by atoms with Gasteiger partial charge >= 0.3 is 34.9 Å². The van der Waals surface area contributed by atoms with Crippen LogP contribution in [0.4, 0.5) is 4.79 Å². The average Bonchev–Trinajstić information content (AvgIpc) is 2.69. The fourth-order valence-corrected chi connectivity index (χ4v) is 4.28. The Labute approximate surface area is 136 Å². The third kappa shape index (κ3) is 4.42. The molecular weight excluding hydrogens is 277 g/mol. The minimum absolute atomic E-state index is 0. The van der Waals surface area contributed by atoms with E-state index in [0.29, 0.717) is 16.5 Å². The van der Waals surface area contributed by atoms with Crippen molar-refractivity contribution < 1.29 is 49.0 Å². The van der Waals surface area contributed by atoms with Crippen molar-refractivity contribution in [1.82, 2.24) is 5.32 Å². The number of hydrogen-bond donors (Lipinski definition) is 1. The molecule has 1 aliphatic rings. The van der Waals surface area contributed by atoms with Gasteiger partial charge in [-0.15, -0.1) is 0 Å². The van der Waals surface area contributed by atoms with E-state index in [-0.39, 0.29) is 36.0 Å². The molecule has 5 nitrogen and oxygen atoms in total. The fraction of sp³-hybridized carbons (Fsp3) is 0.333. The standard InChI is InChI=1S/C12H17NO4S.Na/c1-9(2)13-8-18(12(16)17-3)6-4-5-10(18)7-11(14)15;/h4-6,13H,1,7-8H2,2-3H3,(H,14,15);/q;+1/p-1. The molecule has 1 aliphatic heterocycles. The van der Waals surface area contributed by atoms with Gasteiger partial charge in [-0.2, -0.15) is 0 Å². The van der Waals surface area contributed by atoms with Crippen LogP contribution in [0.1, 0.15) is 13.3 Å². The number of methoxy groups -OCH3 is 1. The van der Waals surface area contributed by atoms with Crippen LogP contribution >= 0.6 is 10.0 Å². The summed E-state index contributed by atoms with van der Waals surface area (Å²) in [5, 5.41) is 15.0. The summed E-state index contributed by atoms with van der Waals surface area (Å²) in [5.41, 5.74) is 0.707. The minimum atomic E-state index is -2.09. The van der Waals surface area contributed by atoms with Crippen molar-refractivity contribution >= 4 is 21.3 Å². The molecule has 0 radical (unpaired) electrons. The van der Waals surface area contributed by atoms with E-state index in [2.05, 4.69) is 11.9 Å². The average molecular weight is 293 g/mol. The van der Waals surface area contributed by atoms with Crippen LogP contribution in [0.2, 0.25) is 0 Å². The molecule has 1 atom stereocenters. The van der Waals surface area contributed by atoms with E-state index in [1.807, 2.05) is 0 Å². The Bertz CT molecular complexity index is 447. The van der Waals surface area contributed by atoms with Crippen LogP contribution in [-0.4, -0.2) is 24.3 Å². The van der Waals surface area contributed by atoms with Crippen LogP contribution in [0, 0.1) is 0 Å². The summed E-state index contributed by atoms with van der Waals surface area (Å²) in [7, 11) is -0.802. The maximum atomic E-state index is 12.0. The number of carbonyl (C=O) groups excluding carboxylic acids is 2. The van der Waals surface area contributed by atoms with Gasteiger partial charge in [0.15, 0.2) is 0 Å². The first-order valence-electron chi connectivity index (χ1n) is 5.28. The first kappa shape index (κ1) is 18.3. The zero-order valence-corrected chi connectivity index (χ0v) is 14.2. The topological polar surface area (TPSA) is 78.5 Å². The van der Waals surface area contributed by atoms with Crippen molar-refractivity contribution in [2.75, 3.05) is 13.0 Å². The Morgan fingerprint density at radius 1 is 1.53 bits per heavy atom. The molecule has 0 aromatic rings. The summed E-state index contributed by atoms with van der Waals surface area (Å²) in [5.74, 6) is -0.911. The van der Waals surface area contributed by atoms with Gasteiger partial charge in [0.25, 0.3) is 0 Å². The van der Waals surface area contributed by atoms with Gasteiger partial charge in [-0.05, 0) is 17.2 Å². The molecule has 0 fully saturated rings. The maximum absolute atomic E-state index is 12.0. The van der Waals surface area contributed by atoms with E-state index in [0.717, 1.165) is 0 Å². The molecule has 0 aromatic carbocycles. The zero-order chi connectivity index (χ0) is 13.8. The second-order valence-electron chi connectivity index (χ2n) is 3.86. The Morgan fingerprint density at radius 3 is 2.63 bits per heavy atom. The second-order valence-corrected chi connectivity index (χ2v) is 6.86. The van der Waals surface area contributed by atoms with E-state index in [1.54, 1.807) is 24.5 Å². The van der Waals surface area contributed by atoms with Gasteiger partial charge in [-0.3, -0.25) is 0 Å². The van der Waals surface area contributed by atoms with Crippen LogP contribution in [0.25, 0.3) is 0 Å². The molecule has 19 heavy (non-hydrogen) atoms. The molecule has 0 saturated heterocycles. The van der Waals surface area contributed by atoms with E-state index in [4.69, 9.17) is 4.74 Å². The Balaban J connectivity index is 0.00000324. The van der Waals surface area contributed by atoms with Crippen LogP contribution in [-0.2, 0) is 9.53 Å². The number of ether oxygens (including phenoxy) is 1. The third-order valence-electron chi connectivity index (χ3n) is 2.45. The molecule has 0 aromatic heterocycles. The van der Waals surface area contributed by atoms with E-state index in [1.165, 1.54) is 7.11 Å². The van der Waals surface area contributed by atoms with Crippen molar-refractivity contribution in [3.05, 3.63) is 34.7 Å². The number of carboxylic acid groups (broad SMARTS) is 1. The maximum Gasteiger partial charge on any atom is 1.00 e. The van der Waals surface area contributed by atoms with Gasteiger partial charge < -0.3 is 20.0 Å². The van der Waals surface area contributed by atoms with Gasteiger partial charge in [-0.1, -0.05) is 28.8 Å². The third-order valence-corrected chi connectivity index (χ3v) is 5.64. The first-order chi connectivity index (χ1) is 8.42. The van der Waals surface area contributed by atoms with Crippen molar-refractivity contribution in [3.63, 3.8) is 0 Å². The fourth-order valence-electron chi connectivity index (χ4n) is 1.57. The Hall–Kier alpha value is -0.690. The minimum Gasteiger partial charge on any atom is -0.550 e. The molecule has 0 aliphatic carbocycles. The monoisotopic (exact) mass is 293 g/mol. The number of hydrogen-bond acceptors (Lipinski definition) is 5. The second kappa shape index (κ2) is 7.79. The van der Waals surface area contributed by atoms with Crippen LogP contribution in [0.15, 0.2) is 34.7 Å². The number of allylic oxidation sites excluding steroid dienone is 3. The molecular formula is C12H16NNaO4S. The predicted octanol–water partition coefficient (Wildman–Crippen LogP) is -1.81. The zero-order valence-electron chi connectivity index (χ0n) is 11.4. The SMILES string of the molecule is C=C(C)NCS1(C(=O)OC)C=CC=C1CC(=O)[O-].[Na+]. The number of rotatable bonds is 5. The normalized spacial score (nSPS) is 23.6. The largest absolute Gasteiger partial charge is 1.00 e. The van der Waals surface area contributed by atoms with Gasteiger partial charge in [0.05, 0.1) is 13.0 Å². The van der Waals surface area contributed by atoms with Crippen molar-refractivity contribution in [2.45, 2.75) is 13.3 Å². The summed E-state index contributed by atoms with van der Waals surface area (Å²) < 4.78 is 4.80. The predicted molar refractivity (Wildman–Crippen MR) is 69.7 cm³/mol. The molecule has 7 heteroatoms. The molecule has 100 valence electrons. The molecule has 1 rings (SSSR count). The molecule has 1 heterocycles. The quantitative estimate of drug-likeness (QED) is 0.478. The molecule has 0 spiro atoms. The summed E-state index contributed by atoms with van der Waals surface area (Å²) in [4.78, 5) is 23.2. The summed E-state index contributed by atoms with van der Waals surface area (Å²) in [6, 6.07) is 0. The Kier molecular flexibility index (Phi) is 7.51. The Morgan fingerprint density at radius 2 is 2.16 bits per heavy atom. The van der Waals surface area contributed by atoms with E-state index < -0.39 is 21.3 Å². The van der Waals surface area contributed by atoms with Gasteiger partial charge in [0.2, 0.25) is 0 Å². The molecule has 0 bridgehead atoms. The van der Waals surface area contributed by atoms with Crippen molar-refractivity contribution in [1.29, 1.82) is 0 Å². The van der Waals surface area contributed by atoms with E-state index in [9.17, 15) is 14.7 Å². The first-order valence-corrected chi connectivity index (χ1v) is 7.14. The van der Waals surface area contributed by atoms with Crippen LogP contribution < -0.4 is 40.0 Å². The molecule has 1 unspecified atom stereocenters. The molecule has 0 saturated carbocycles. The number of aliphatic carboxylic acids is 1. The summed E-state index contributed by atoms with van der Waals surface area (Å²) in [6.07, 6.45) is 3.06. The van der Waals surface area contributed by atoms with Crippen molar-refractivity contribution in [2.24, 2.45) is 0 Å². The van der Waals surface area contributed by atoms with Crippen molar-refractivity contribution in [3.8, 4) is 0 Å². The summed E-state index contributed by atoms with van der Waals surface area (Å²) in [6.45, 7) is 5.47. The molecule has 1 N–H and O–H groups in total. The van der Waals surface area contributed by atoms with Crippen LogP contribution in [0.3, 0.4) is 0 Å². The van der Waals surface area contributed by atoms with Gasteiger partial charge in [-0.25, -0.2) is 4.79 Å². The smallest absolute Gasteiger partial charge is 0.550 e. The number of nitrogens with one attached hydrogen (secondary N) is 1. The van der Waals surface area contributed by atoms with E-state index >= 15 is 0 Å². The van der Waals surface area contributed by atoms with Gasteiger partial charge in [0, 0.05) is 18.1 Å². The molecule has 0 amide bonds. The van der Waals surface area contributed by atoms with Crippen LogP contribution in [0.5, 0.6) is 0 Å². The number of carbonyl (C=O) groups is 2. The van der Waals surface area contributed by atoms with Gasteiger partial charge in [0.1, 0.15) is 0 Å². The number of carboxylic acids is 1.